The molecule has 1 saturated heterocycles. The molecule has 0 saturated carbocycles. The number of nitrogens with zero attached hydrogens (tertiary/aromatic N) is 3. The van der Waals surface area contributed by atoms with Crippen LogP contribution in [-0.2, 0) is 9.47 Å². The third-order valence-electron chi connectivity index (χ3n) is 8.58. The molecule has 0 bridgehead atoms. The van der Waals surface area contributed by atoms with Crippen LogP contribution in [0.4, 0.5) is 0 Å². The molecule has 1 aliphatic heterocycles. The first kappa shape index (κ1) is 24.4. The summed E-state index contributed by atoms with van der Waals surface area (Å²) in [4.78, 5) is 4.84. The zero-order valence-electron chi connectivity index (χ0n) is 23.4. The second-order valence-corrected chi connectivity index (χ2v) is 11.0. The van der Waals surface area contributed by atoms with Crippen LogP contribution in [-0.4, -0.2) is 27.3 Å². The maximum absolute atomic E-state index is 5.91. The number of aromatic nitrogens is 3. The van der Waals surface area contributed by atoms with Gasteiger partial charge in [-0.3, -0.25) is 4.98 Å². The van der Waals surface area contributed by atoms with Gasteiger partial charge in [-0.2, -0.15) is 0 Å². The van der Waals surface area contributed by atoms with Crippen molar-refractivity contribution in [3.63, 3.8) is 0 Å². The van der Waals surface area contributed by atoms with E-state index in [1.807, 2.05) is 12.3 Å². The Balaban J connectivity index is 1.44. The fourth-order valence-electron chi connectivity index (χ4n) is 6.79. The molecule has 0 spiro atoms. The van der Waals surface area contributed by atoms with Crippen LogP contribution in [0.2, 0.25) is 0 Å². The second-order valence-electron chi connectivity index (χ2n) is 11.0. The molecule has 3 aromatic heterocycles. The first-order chi connectivity index (χ1) is 21.4. The largest absolute Gasteiger partial charge is 0.346 e. The molecular weight excluding hydrogens is 530 g/mol. The summed E-state index contributed by atoms with van der Waals surface area (Å²) in [5, 5.41) is 4.86. The van der Waals surface area contributed by atoms with E-state index in [0.717, 1.165) is 39.2 Å². The van der Waals surface area contributed by atoms with Gasteiger partial charge in [-0.05, 0) is 54.6 Å². The quantitative estimate of drug-likeness (QED) is 0.217. The van der Waals surface area contributed by atoms with E-state index in [4.69, 9.17) is 14.5 Å². The lowest BCUT2D eigenvalue weighted by Gasteiger charge is -2.14. The number of rotatable bonds is 4. The van der Waals surface area contributed by atoms with E-state index < -0.39 is 6.29 Å². The predicted molar refractivity (Wildman–Crippen MR) is 173 cm³/mol. The number of fused-ring (bicyclic) bond motifs is 7. The van der Waals surface area contributed by atoms with E-state index in [1.54, 1.807) is 0 Å². The molecule has 0 atom stereocenters. The molecule has 1 aliphatic rings. The Hall–Kier alpha value is -5.23. The van der Waals surface area contributed by atoms with Crippen molar-refractivity contribution in [3.8, 4) is 22.6 Å². The number of benzene rings is 5. The standard InChI is InChI=1S/C38H27N3O2/c1-3-10-26(11-4-1)40-33-19-17-25(36-30(15-9-21-39-36)38-42-22-23-43-38)24-31(33)35-34(40)20-18-29-28-14-7-8-16-32(28)41(37(29)35)27-12-5-2-6-13-27/h1-21,24,38H,22-23H2. The van der Waals surface area contributed by atoms with Crippen LogP contribution in [0, 0.1) is 0 Å². The maximum Gasteiger partial charge on any atom is 0.186 e. The van der Waals surface area contributed by atoms with E-state index in [-0.39, 0.29) is 0 Å². The molecule has 206 valence electrons. The minimum absolute atomic E-state index is 0.405. The van der Waals surface area contributed by atoms with Crippen LogP contribution in [0.3, 0.4) is 0 Å². The molecule has 5 nitrogen and oxygen atoms in total. The van der Waals surface area contributed by atoms with Gasteiger partial charge in [-0.15, -0.1) is 0 Å². The van der Waals surface area contributed by atoms with Gasteiger partial charge in [0.1, 0.15) is 0 Å². The number of hydrogen-bond acceptors (Lipinski definition) is 3. The highest BCUT2D eigenvalue weighted by atomic mass is 16.7. The molecule has 0 amide bonds. The van der Waals surface area contributed by atoms with Gasteiger partial charge in [0.05, 0.1) is 41.0 Å². The molecule has 8 aromatic rings. The highest BCUT2D eigenvalue weighted by Gasteiger charge is 2.25. The number of pyridine rings is 1. The van der Waals surface area contributed by atoms with Crippen molar-refractivity contribution in [2.45, 2.75) is 6.29 Å². The van der Waals surface area contributed by atoms with Crippen molar-refractivity contribution in [1.82, 2.24) is 14.1 Å². The van der Waals surface area contributed by atoms with Gasteiger partial charge in [-0.25, -0.2) is 0 Å². The van der Waals surface area contributed by atoms with Gasteiger partial charge in [0.2, 0.25) is 0 Å². The van der Waals surface area contributed by atoms with Gasteiger partial charge < -0.3 is 18.6 Å². The number of para-hydroxylation sites is 3. The highest BCUT2D eigenvalue weighted by Crippen LogP contribution is 2.43. The van der Waals surface area contributed by atoms with Crippen molar-refractivity contribution in [3.05, 3.63) is 139 Å². The molecule has 4 heterocycles. The Bertz CT molecular complexity index is 2300. The minimum atomic E-state index is -0.405. The number of hydrogen-bond donors (Lipinski definition) is 0. The maximum atomic E-state index is 5.91. The molecule has 0 radical (unpaired) electrons. The summed E-state index contributed by atoms with van der Waals surface area (Å²) in [6.07, 6.45) is 1.44. The summed E-state index contributed by atoms with van der Waals surface area (Å²) >= 11 is 0. The van der Waals surface area contributed by atoms with Crippen molar-refractivity contribution >= 4 is 43.6 Å². The van der Waals surface area contributed by atoms with E-state index in [1.165, 1.54) is 32.6 Å². The average molecular weight is 558 g/mol. The Kier molecular flexibility index (Phi) is 5.48. The number of ether oxygens (including phenoxy) is 2. The third kappa shape index (κ3) is 3.69. The van der Waals surface area contributed by atoms with Crippen LogP contribution < -0.4 is 0 Å². The van der Waals surface area contributed by atoms with Gasteiger partial charge in [0.25, 0.3) is 0 Å². The van der Waals surface area contributed by atoms with E-state index >= 15 is 0 Å². The summed E-state index contributed by atoms with van der Waals surface area (Å²) in [5.41, 5.74) is 9.84. The van der Waals surface area contributed by atoms with Crippen molar-refractivity contribution < 1.29 is 9.47 Å². The molecule has 9 rings (SSSR count). The Morgan fingerprint density at radius 1 is 0.558 bits per heavy atom. The lowest BCUT2D eigenvalue weighted by molar-refractivity contribution is -0.0438. The molecule has 0 N–H and O–H groups in total. The van der Waals surface area contributed by atoms with Gasteiger partial charge in [0.15, 0.2) is 6.29 Å². The first-order valence-electron chi connectivity index (χ1n) is 14.7. The fraction of sp³-hybridized carbons (Fsp3) is 0.0789. The van der Waals surface area contributed by atoms with Crippen LogP contribution in [0.1, 0.15) is 11.9 Å². The summed E-state index contributed by atoms with van der Waals surface area (Å²) < 4.78 is 16.6. The summed E-state index contributed by atoms with van der Waals surface area (Å²) in [6.45, 7) is 1.18. The van der Waals surface area contributed by atoms with E-state index in [0.29, 0.717) is 13.2 Å². The van der Waals surface area contributed by atoms with Gasteiger partial charge >= 0.3 is 0 Å². The molecule has 5 aromatic carbocycles. The SMILES string of the molecule is c1ccc(-n2c3ccc(-c4ncccc4C4OCCO4)cc3c3c2ccc2c4ccccc4n(-c4ccccc4)c23)cc1. The topological polar surface area (TPSA) is 41.2 Å². The van der Waals surface area contributed by atoms with Crippen molar-refractivity contribution in [1.29, 1.82) is 0 Å². The molecule has 5 heteroatoms. The van der Waals surface area contributed by atoms with Crippen LogP contribution >= 0.6 is 0 Å². The first-order valence-corrected chi connectivity index (χ1v) is 14.7. The highest BCUT2D eigenvalue weighted by molar-refractivity contribution is 6.26. The third-order valence-corrected chi connectivity index (χ3v) is 8.58. The van der Waals surface area contributed by atoms with Gasteiger partial charge in [-0.1, -0.05) is 72.8 Å². The summed E-state index contributed by atoms with van der Waals surface area (Å²) in [6, 6.07) is 45.2. The summed E-state index contributed by atoms with van der Waals surface area (Å²) in [7, 11) is 0. The molecule has 0 unspecified atom stereocenters. The Morgan fingerprint density at radius 2 is 1.23 bits per heavy atom. The van der Waals surface area contributed by atoms with Crippen molar-refractivity contribution in [2.24, 2.45) is 0 Å². The van der Waals surface area contributed by atoms with E-state index in [9.17, 15) is 0 Å². The minimum Gasteiger partial charge on any atom is -0.346 e. The smallest absolute Gasteiger partial charge is 0.186 e. The molecular formula is C38H27N3O2. The Labute approximate surface area is 248 Å². The second kappa shape index (κ2) is 9.66. The van der Waals surface area contributed by atoms with Crippen molar-refractivity contribution in [2.75, 3.05) is 13.2 Å². The lowest BCUT2D eigenvalue weighted by Crippen LogP contribution is -2.02. The van der Waals surface area contributed by atoms with Crippen LogP contribution in [0.15, 0.2) is 134 Å². The summed E-state index contributed by atoms with van der Waals surface area (Å²) in [5.74, 6) is 0. The zero-order valence-corrected chi connectivity index (χ0v) is 23.4. The molecule has 0 aliphatic carbocycles. The normalized spacial score (nSPS) is 14.0. The fourth-order valence-corrected chi connectivity index (χ4v) is 6.79. The monoisotopic (exact) mass is 557 g/mol. The van der Waals surface area contributed by atoms with Gasteiger partial charge in [0, 0.05) is 50.2 Å². The molecule has 43 heavy (non-hydrogen) atoms. The zero-order chi connectivity index (χ0) is 28.3. The van der Waals surface area contributed by atoms with Crippen LogP contribution in [0.25, 0.3) is 66.2 Å². The predicted octanol–water partition coefficient (Wildman–Crippen LogP) is 8.99. The average Bonchev–Trinajstić information content (AvgIpc) is 3.80. The van der Waals surface area contributed by atoms with Crippen LogP contribution in [0.5, 0.6) is 0 Å². The van der Waals surface area contributed by atoms with E-state index in [2.05, 4.69) is 130 Å². The molecule has 1 fully saturated rings. The Morgan fingerprint density at radius 3 is 2.02 bits per heavy atom. The lowest BCUT2D eigenvalue weighted by atomic mass is 10.0.